The molecule has 0 atom stereocenters. The Hall–Kier alpha value is -1.58. The van der Waals surface area contributed by atoms with Crippen molar-refractivity contribution in [3.63, 3.8) is 0 Å². The molecule has 0 spiro atoms. The molecule has 0 aliphatic heterocycles. The molecule has 0 N–H and O–H groups in total. The second-order valence-electron chi connectivity index (χ2n) is 2.63. The first-order valence-electron chi connectivity index (χ1n) is 4.18. The van der Waals surface area contributed by atoms with Gasteiger partial charge in [-0.05, 0) is 17.7 Å². The van der Waals surface area contributed by atoms with Gasteiger partial charge >= 0.3 is 6.18 Å². The standard InChI is InChI=1S/C10H7F3O/c1-7(6-14)8-2-4-9(5-3-8)10(11,12)13/h2-6H,1H2/i2D. The molecule has 0 aromatic heterocycles. The maximum Gasteiger partial charge on any atom is 0.416 e. The van der Waals surface area contributed by atoms with Crippen LogP contribution < -0.4 is 0 Å². The van der Waals surface area contributed by atoms with Crippen molar-refractivity contribution in [2.45, 2.75) is 6.18 Å². The number of rotatable bonds is 2. The minimum Gasteiger partial charge on any atom is -0.298 e. The fraction of sp³-hybridized carbons (Fsp3) is 0.100. The van der Waals surface area contributed by atoms with Crippen LogP contribution in [-0.2, 0) is 11.0 Å². The molecule has 0 amide bonds. The molecular formula is C10H7F3O. The van der Waals surface area contributed by atoms with Crippen molar-refractivity contribution in [2.75, 3.05) is 0 Å². The van der Waals surface area contributed by atoms with Gasteiger partial charge in [0.05, 0.1) is 6.93 Å². The van der Waals surface area contributed by atoms with Gasteiger partial charge in [-0.2, -0.15) is 13.2 Å². The first-order chi connectivity index (χ1) is 6.86. The van der Waals surface area contributed by atoms with Gasteiger partial charge < -0.3 is 0 Å². The molecule has 1 rings (SSSR count). The highest BCUT2D eigenvalue weighted by Gasteiger charge is 2.29. The van der Waals surface area contributed by atoms with E-state index in [0.717, 1.165) is 12.1 Å². The Morgan fingerprint density at radius 2 is 2.07 bits per heavy atom. The maximum atomic E-state index is 12.2. The second kappa shape index (κ2) is 3.65. The quantitative estimate of drug-likeness (QED) is 0.531. The summed E-state index contributed by atoms with van der Waals surface area (Å²) >= 11 is 0. The zero-order chi connectivity index (χ0) is 11.6. The minimum absolute atomic E-state index is 0.00581. The molecule has 0 aliphatic carbocycles. The van der Waals surface area contributed by atoms with E-state index >= 15 is 0 Å². The Bertz CT molecular complexity index is 410. The molecule has 1 aromatic carbocycles. The van der Waals surface area contributed by atoms with E-state index in [1.165, 1.54) is 0 Å². The van der Waals surface area contributed by atoms with E-state index in [9.17, 15) is 18.0 Å². The van der Waals surface area contributed by atoms with Crippen LogP contribution in [0.4, 0.5) is 13.2 Å². The number of hydrogen-bond donors (Lipinski definition) is 0. The van der Waals surface area contributed by atoms with Crippen LogP contribution in [0.15, 0.2) is 30.8 Å². The van der Waals surface area contributed by atoms with Crippen LogP contribution in [-0.4, -0.2) is 6.29 Å². The zero-order valence-corrected chi connectivity index (χ0v) is 7.06. The Kier molecular flexibility index (Phi) is 2.35. The fourth-order valence-electron chi connectivity index (χ4n) is 0.864. The number of hydrogen-bond acceptors (Lipinski definition) is 1. The van der Waals surface area contributed by atoms with E-state index in [0.29, 0.717) is 12.4 Å². The van der Waals surface area contributed by atoms with Crippen molar-refractivity contribution < 1.29 is 19.3 Å². The average Bonchev–Trinajstić information content (AvgIpc) is 2.15. The third kappa shape index (κ3) is 2.22. The van der Waals surface area contributed by atoms with Crippen LogP contribution in [0.3, 0.4) is 0 Å². The lowest BCUT2D eigenvalue weighted by molar-refractivity contribution is -0.137. The first kappa shape index (κ1) is 8.99. The molecule has 0 heterocycles. The summed E-state index contributed by atoms with van der Waals surface area (Å²) in [5, 5.41) is 0. The van der Waals surface area contributed by atoms with E-state index in [1.807, 2.05) is 0 Å². The van der Waals surface area contributed by atoms with Gasteiger partial charge in [0.2, 0.25) is 0 Å². The lowest BCUT2D eigenvalue weighted by Crippen LogP contribution is -2.04. The Morgan fingerprint density at radius 1 is 1.43 bits per heavy atom. The minimum atomic E-state index is -4.48. The molecule has 0 saturated heterocycles. The van der Waals surface area contributed by atoms with Gasteiger partial charge in [0, 0.05) is 5.57 Å². The van der Waals surface area contributed by atoms with Crippen molar-refractivity contribution in [1.82, 2.24) is 0 Å². The molecule has 0 saturated carbocycles. The summed E-state index contributed by atoms with van der Waals surface area (Å²) in [6, 6.07) is 2.20. The third-order valence-electron chi connectivity index (χ3n) is 1.63. The van der Waals surface area contributed by atoms with E-state index in [2.05, 4.69) is 6.58 Å². The highest BCUT2D eigenvalue weighted by atomic mass is 19.4. The topological polar surface area (TPSA) is 17.1 Å². The van der Waals surface area contributed by atoms with Crippen LogP contribution in [0.5, 0.6) is 0 Å². The van der Waals surface area contributed by atoms with Crippen molar-refractivity contribution in [3.8, 4) is 0 Å². The molecule has 1 aromatic rings. The molecular weight excluding hydrogens is 193 g/mol. The average molecular weight is 201 g/mol. The lowest BCUT2D eigenvalue weighted by Gasteiger charge is -2.06. The molecule has 0 fully saturated rings. The number of aldehydes is 1. The van der Waals surface area contributed by atoms with Crippen molar-refractivity contribution in [2.24, 2.45) is 0 Å². The van der Waals surface area contributed by atoms with Gasteiger partial charge in [-0.1, -0.05) is 18.7 Å². The molecule has 4 heteroatoms. The summed E-state index contributed by atoms with van der Waals surface area (Å²) in [5.74, 6) is 0. The highest BCUT2D eigenvalue weighted by molar-refractivity contribution is 6.05. The van der Waals surface area contributed by atoms with E-state index in [-0.39, 0.29) is 17.2 Å². The van der Waals surface area contributed by atoms with Gasteiger partial charge in [0.15, 0.2) is 0 Å². The van der Waals surface area contributed by atoms with Crippen LogP contribution in [0.2, 0.25) is 0 Å². The number of halogens is 3. The van der Waals surface area contributed by atoms with Crippen LogP contribution in [0.25, 0.3) is 5.57 Å². The van der Waals surface area contributed by atoms with Gasteiger partial charge in [-0.3, -0.25) is 4.79 Å². The predicted octanol–water partition coefficient (Wildman–Crippen LogP) is 2.92. The summed E-state index contributed by atoms with van der Waals surface area (Å²) in [4.78, 5) is 10.3. The normalized spacial score (nSPS) is 12.1. The van der Waals surface area contributed by atoms with Crippen molar-refractivity contribution in [3.05, 3.63) is 41.9 Å². The molecule has 0 radical (unpaired) electrons. The summed E-state index contributed by atoms with van der Waals surface area (Å²) in [6.07, 6.45) is -4.07. The van der Waals surface area contributed by atoms with E-state index in [4.69, 9.17) is 1.37 Å². The number of alkyl halides is 3. The summed E-state index contributed by atoms with van der Waals surface area (Å²) in [6.45, 7) is 3.33. The number of allylic oxidation sites excluding steroid dienone is 1. The van der Waals surface area contributed by atoms with Gasteiger partial charge in [0.25, 0.3) is 0 Å². The van der Waals surface area contributed by atoms with E-state index < -0.39 is 11.7 Å². The summed E-state index contributed by atoms with van der Waals surface area (Å²) in [5.41, 5.74) is -0.804. The number of benzene rings is 1. The van der Waals surface area contributed by atoms with Crippen LogP contribution in [0.1, 0.15) is 12.5 Å². The monoisotopic (exact) mass is 201 g/mol. The largest absolute Gasteiger partial charge is 0.416 e. The molecule has 0 unspecified atom stereocenters. The lowest BCUT2D eigenvalue weighted by atomic mass is 10.1. The zero-order valence-electron chi connectivity index (χ0n) is 8.06. The summed E-state index contributed by atoms with van der Waals surface area (Å²) in [7, 11) is 0. The van der Waals surface area contributed by atoms with Gasteiger partial charge in [-0.25, -0.2) is 0 Å². The second-order valence-corrected chi connectivity index (χ2v) is 2.63. The van der Waals surface area contributed by atoms with Crippen molar-refractivity contribution in [1.29, 1.82) is 0 Å². The molecule has 0 bridgehead atoms. The highest BCUT2D eigenvalue weighted by Crippen LogP contribution is 2.29. The van der Waals surface area contributed by atoms with Gasteiger partial charge in [0.1, 0.15) is 6.29 Å². The third-order valence-corrected chi connectivity index (χ3v) is 1.63. The molecule has 74 valence electrons. The van der Waals surface area contributed by atoms with Crippen LogP contribution >= 0.6 is 0 Å². The SMILES string of the molecule is [2H]c1cc(C(F)(F)F)ccc1C(=C)C=O. The predicted molar refractivity (Wildman–Crippen MR) is 46.5 cm³/mol. The number of carbonyl (C=O) groups excluding carboxylic acids is 1. The Labute approximate surface area is 80.3 Å². The van der Waals surface area contributed by atoms with Crippen molar-refractivity contribution >= 4 is 11.9 Å². The first-order valence-corrected chi connectivity index (χ1v) is 3.68. The smallest absolute Gasteiger partial charge is 0.298 e. The van der Waals surface area contributed by atoms with E-state index in [1.54, 1.807) is 0 Å². The van der Waals surface area contributed by atoms with Crippen LogP contribution in [0, 0.1) is 0 Å². The Balaban J connectivity index is 3.20. The molecule has 14 heavy (non-hydrogen) atoms. The fourth-order valence-corrected chi connectivity index (χ4v) is 0.864. The molecule has 0 aliphatic rings. The number of carbonyl (C=O) groups is 1. The summed E-state index contributed by atoms with van der Waals surface area (Å²) < 4.78 is 43.9. The van der Waals surface area contributed by atoms with Gasteiger partial charge in [-0.15, -0.1) is 0 Å². The maximum absolute atomic E-state index is 12.2. The Morgan fingerprint density at radius 3 is 2.50 bits per heavy atom. The molecule has 1 nitrogen and oxygen atoms in total.